The van der Waals surface area contributed by atoms with Gasteiger partial charge in [-0.1, -0.05) is 30.3 Å². The fraction of sp³-hybridized carbons (Fsp3) is 0.231. The summed E-state index contributed by atoms with van der Waals surface area (Å²) in [5, 5.41) is 2.95. The fourth-order valence-electron chi connectivity index (χ4n) is 4.02. The number of halogens is 1. The van der Waals surface area contributed by atoms with Crippen LogP contribution in [0.4, 0.5) is 4.39 Å². The van der Waals surface area contributed by atoms with Crippen molar-refractivity contribution in [1.29, 1.82) is 0 Å². The second kappa shape index (κ2) is 9.73. The third-order valence-electron chi connectivity index (χ3n) is 5.80. The average molecular weight is 448 g/mol. The first-order valence-electron chi connectivity index (χ1n) is 10.6. The molecule has 0 bridgehead atoms. The van der Waals surface area contributed by atoms with E-state index in [1.54, 1.807) is 14.2 Å². The summed E-state index contributed by atoms with van der Waals surface area (Å²) < 4.78 is 24.2. The Labute approximate surface area is 191 Å². The maximum Gasteiger partial charge on any atom is 0.254 e. The van der Waals surface area contributed by atoms with E-state index in [0.29, 0.717) is 30.0 Å². The Morgan fingerprint density at radius 2 is 1.61 bits per heavy atom. The summed E-state index contributed by atoms with van der Waals surface area (Å²) in [6, 6.07) is 17.9. The van der Waals surface area contributed by atoms with E-state index in [2.05, 4.69) is 5.32 Å². The van der Waals surface area contributed by atoms with Gasteiger partial charge in [-0.25, -0.2) is 4.39 Å². The lowest BCUT2D eigenvalue weighted by Gasteiger charge is -2.36. The zero-order valence-corrected chi connectivity index (χ0v) is 18.5. The molecule has 170 valence electrons. The summed E-state index contributed by atoms with van der Waals surface area (Å²) >= 11 is 0. The molecule has 2 amide bonds. The Kier molecular flexibility index (Phi) is 6.58. The SMILES string of the molecule is COc1cc2c(cc1OC)CN(C(=O)c1ccc(F)cc1)[C@H](C(=O)NCc1ccccc1)C2. The van der Waals surface area contributed by atoms with Crippen LogP contribution in [0.15, 0.2) is 66.7 Å². The molecule has 7 heteroatoms. The molecular weight excluding hydrogens is 423 g/mol. The lowest BCUT2D eigenvalue weighted by atomic mass is 9.92. The molecule has 0 aliphatic carbocycles. The lowest BCUT2D eigenvalue weighted by molar-refractivity contribution is -0.126. The highest BCUT2D eigenvalue weighted by Crippen LogP contribution is 2.35. The maximum atomic E-state index is 13.4. The van der Waals surface area contributed by atoms with Gasteiger partial charge >= 0.3 is 0 Å². The topological polar surface area (TPSA) is 67.9 Å². The van der Waals surface area contributed by atoms with Crippen LogP contribution in [0.1, 0.15) is 27.0 Å². The number of hydrogen-bond donors (Lipinski definition) is 1. The third-order valence-corrected chi connectivity index (χ3v) is 5.80. The number of nitrogens with zero attached hydrogens (tertiary/aromatic N) is 1. The van der Waals surface area contributed by atoms with Crippen LogP contribution in [0.25, 0.3) is 0 Å². The van der Waals surface area contributed by atoms with Crippen molar-refractivity contribution in [3.63, 3.8) is 0 Å². The van der Waals surface area contributed by atoms with Crippen LogP contribution in [0.3, 0.4) is 0 Å². The van der Waals surface area contributed by atoms with Crippen molar-refractivity contribution < 1.29 is 23.5 Å². The zero-order valence-electron chi connectivity index (χ0n) is 18.5. The normalized spacial score (nSPS) is 14.9. The molecule has 1 aliphatic heterocycles. The quantitative estimate of drug-likeness (QED) is 0.624. The van der Waals surface area contributed by atoms with Gasteiger partial charge in [-0.05, 0) is 53.1 Å². The molecule has 1 atom stereocenters. The van der Waals surface area contributed by atoms with Gasteiger partial charge in [0, 0.05) is 25.1 Å². The number of carbonyl (C=O) groups excluding carboxylic acids is 2. The number of amides is 2. The molecule has 0 aromatic heterocycles. The lowest BCUT2D eigenvalue weighted by Crippen LogP contribution is -2.52. The van der Waals surface area contributed by atoms with Gasteiger partial charge in [0.15, 0.2) is 11.5 Å². The van der Waals surface area contributed by atoms with Gasteiger partial charge in [-0.15, -0.1) is 0 Å². The highest BCUT2D eigenvalue weighted by molar-refractivity contribution is 5.98. The van der Waals surface area contributed by atoms with E-state index in [0.717, 1.165) is 16.7 Å². The van der Waals surface area contributed by atoms with E-state index < -0.39 is 11.9 Å². The smallest absolute Gasteiger partial charge is 0.254 e. The van der Waals surface area contributed by atoms with Crippen LogP contribution in [0, 0.1) is 5.82 Å². The van der Waals surface area contributed by atoms with Crippen molar-refractivity contribution in [3.8, 4) is 11.5 Å². The highest BCUT2D eigenvalue weighted by atomic mass is 19.1. The molecule has 33 heavy (non-hydrogen) atoms. The van der Waals surface area contributed by atoms with E-state index in [1.807, 2.05) is 42.5 Å². The second-order valence-electron chi connectivity index (χ2n) is 7.84. The number of rotatable bonds is 6. The monoisotopic (exact) mass is 448 g/mol. The molecule has 0 spiro atoms. The van der Waals surface area contributed by atoms with Crippen LogP contribution in [0.2, 0.25) is 0 Å². The molecule has 4 rings (SSSR count). The van der Waals surface area contributed by atoms with Gasteiger partial charge in [-0.2, -0.15) is 0 Å². The van der Waals surface area contributed by atoms with Crippen molar-refractivity contribution in [2.75, 3.05) is 14.2 Å². The van der Waals surface area contributed by atoms with Crippen LogP contribution < -0.4 is 14.8 Å². The van der Waals surface area contributed by atoms with Crippen LogP contribution in [0.5, 0.6) is 11.5 Å². The van der Waals surface area contributed by atoms with Crippen molar-refractivity contribution in [1.82, 2.24) is 10.2 Å². The molecule has 3 aromatic carbocycles. The number of carbonyl (C=O) groups is 2. The third kappa shape index (κ3) is 4.82. The van der Waals surface area contributed by atoms with E-state index in [4.69, 9.17) is 9.47 Å². The number of nitrogens with one attached hydrogen (secondary N) is 1. The summed E-state index contributed by atoms with van der Waals surface area (Å²) in [7, 11) is 3.11. The van der Waals surface area contributed by atoms with E-state index in [-0.39, 0.29) is 18.4 Å². The van der Waals surface area contributed by atoms with Crippen molar-refractivity contribution in [3.05, 3.63) is 94.8 Å². The molecule has 1 N–H and O–H groups in total. The number of benzene rings is 3. The summed E-state index contributed by atoms with van der Waals surface area (Å²) in [4.78, 5) is 28.1. The molecular formula is C26H25FN2O4. The molecule has 3 aromatic rings. The minimum absolute atomic E-state index is 0.218. The molecule has 0 unspecified atom stereocenters. The predicted octanol–water partition coefficient (Wildman–Crippen LogP) is 3.73. The first-order valence-corrected chi connectivity index (χ1v) is 10.6. The van der Waals surface area contributed by atoms with Crippen molar-refractivity contribution >= 4 is 11.8 Å². The highest BCUT2D eigenvalue weighted by Gasteiger charge is 2.35. The van der Waals surface area contributed by atoms with Gasteiger partial charge in [0.2, 0.25) is 5.91 Å². The Balaban J connectivity index is 1.65. The van der Waals surface area contributed by atoms with E-state index in [1.165, 1.54) is 29.2 Å². The van der Waals surface area contributed by atoms with Gasteiger partial charge in [0.05, 0.1) is 14.2 Å². The summed E-state index contributed by atoms with van der Waals surface area (Å²) in [5.74, 6) is 0.102. The average Bonchev–Trinajstić information content (AvgIpc) is 2.86. The summed E-state index contributed by atoms with van der Waals surface area (Å²) in [6.07, 6.45) is 0.323. The number of methoxy groups -OCH3 is 2. The molecule has 0 saturated heterocycles. The molecule has 1 aliphatic rings. The largest absolute Gasteiger partial charge is 0.493 e. The maximum absolute atomic E-state index is 13.4. The predicted molar refractivity (Wildman–Crippen MR) is 122 cm³/mol. The Hall–Kier alpha value is -3.87. The first kappa shape index (κ1) is 22.3. The standard InChI is InChI=1S/C26H25FN2O4/c1-32-23-13-19-12-22(25(30)28-15-17-6-4-3-5-7-17)29(16-20(19)14-24(23)33-2)26(31)18-8-10-21(27)11-9-18/h3-11,13-14,22H,12,15-16H2,1-2H3,(H,28,30)/t22-/m0/s1. The zero-order chi connectivity index (χ0) is 23.4. The van der Waals surface area contributed by atoms with Crippen LogP contribution in [-0.2, 0) is 24.3 Å². The summed E-state index contributed by atoms with van der Waals surface area (Å²) in [6.45, 7) is 0.572. The van der Waals surface area contributed by atoms with Gasteiger partial charge < -0.3 is 19.7 Å². The van der Waals surface area contributed by atoms with Crippen molar-refractivity contribution in [2.24, 2.45) is 0 Å². The Morgan fingerprint density at radius 1 is 0.970 bits per heavy atom. The van der Waals surface area contributed by atoms with Gasteiger partial charge in [0.1, 0.15) is 11.9 Å². The molecule has 0 fully saturated rings. The van der Waals surface area contributed by atoms with Crippen molar-refractivity contribution in [2.45, 2.75) is 25.6 Å². The minimum atomic E-state index is -0.725. The molecule has 0 radical (unpaired) electrons. The van der Waals surface area contributed by atoms with Gasteiger partial charge in [-0.3, -0.25) is 9.59 Å². The van der Waals surface area contributed by atoms with E-state index in [9.17, 15) is 14.0 Å². The molecule has 0 saturated carbocycles. The minimum Gasteiger partial charge on any atom is -0.493 e. The Morgan fingerprint density at radius 3 is 2.24 bits per heavy atom. The molecule has 1 heterocycles. The number of ether oxygens (including phenoxy) is 2. The molecule has 6 nitrogen and oxygen atoms in total. The van der Waals surface area contributed by atoms with Crippen LogP contribution >= 0.6 is 0 Å². The van der Waals surface area contributed by atoms with Crippen LogP contribution in [-0.4, -0.2) is 37.0 Å². The summed E-state index contributed by atoms with van der Waals surface area (Å²) in [5.41, 5.74) is 3.07. The van der Waals surface area contributed by atoms with E-state index >= 15 is 0 Å². The number of fused-ring (bicyclic) bond motifs is 1. The van der Waals surface area contributed by atoms with Gasteiger partial charge in [0.25, 0.3) is 5.91 Å². The fourth-order valence-corrected chi connectivity index (χ4v) is 4.02. The second-order valence-corrected chi connectivity index (χ2v) is 7.84. The number of hydrogen-bond acceptors (Lipinski definition) is 4. The Bertz CT molecular complexity index is 1150. The first-order chi connectivity index (χ1) is 16.0.